The summed E-state index contributed by atoms with van der Waals surface area (Å²) in [6, 6.07) is 0.178. The third-order valence-corrected chi connectivity index (χ3v) is 2.63. The largest absolute Gasteiger partial charge is 0.481 e. The molecule has 0 aromatic rings. The second-order valence-electron chi connectivity index (χ2n) is 5.11. The van der Waals surface area contributed by atoms with Crippen molar-refractivity contribution in [1.29, 1.82) is 0 Å². The minimum Gasteiger partial charge on any atom is -0.481 e. The number of carbonyl (C=O) groups is 2. The molecule has 0 aliphatic rings. The zero-order valence-electron chi connectivity index (χ0n) is 11.7. The molecule has 0 spiro atoms. The van der Waals surface area contributed by atoms with E-state index in [9.17, 15) is 9.59 Å². The van der Waals surface area contributed by atoms with Crippen molar-refractivity contribution in [3.05, 3.63) is 0 Å². The summed E-state index contributed by atoms with van der Waals surface area (Å²) in [5.41, 5.74) is 0. The van der Waals surface area contributed by atoms with Gasteiger partial charge in [-0.15, -0.1) is 0 Å². The Labute approximate surface area is 109 Å². The summed E-state index contributed by atoms with van der Waals surface area (Å²) in [5.74, 6) is -0.229. The Balaban J connectivity index is 3.52. The lowest BCUT2D eigenvalue weighted by Gasteiger charge is -2.14. The number of carbonyl (C=O) groups excluding carboxylic acids is 1. The lowest BCUT2D eigenvalue weighted by Crippen LogP contribution is -2.39. The quantitative estimate of drug-likeness (QED) is 0.517. The number of aliphatic carboxylic acids is 1. The molecular formula is C13H26N2O3. The maximum atomic E-state index is 11.5. The van der Waals surface area contributed by atoms with E-state index in [0.29, 0.717) is 12.5 Å². The SMILES string of the molecule is CC(C)CCCC(C)NC(=O)CNCCC(=O)O. The highest BCUT2D eigenvalue weighted by Crippen LogP contribution is 2.07. The summed E-state index contributed by atoms with van der Waals surface area (Å²) in [5, 5.41) is 14.1. The molecule has 0 saturated heterocycles. The topological polar surface area (TPSA) is 78.4 Å². The van der Waals surface area contributed by atoms with Crippen molar-refractivity contribution < 1.29 is 14.7 Å². The molecule has 0 fully saturated rings. The summed E-state index contributed by atoms with van der Waals surface area (Å²) in [7, 11) is 0. The fourth-order valence-electron chi connectivity index (χ4n) is 1.63. The molecule has 0 saturated carbocycles. The Morgan fingerprint density at radius 1 is 1.17 bits per heavy atom. The van der Waals surface area contributed by atoms with Crippen LogP contribution in [0.1, 0.15) is 46.5 Å². The zero-order chi connectivity index (χ0) is 14.0. The molecule has 0 aliphatic heterocycles. The van der Waals surface area contributed by atoms with Gasteiger partial charge in [0.05, 0.1) is 13.0 Å². The molecule has 5 nitrogen and oxygen atoms in total. The predicted octanol–water partition coefficient (Wildman–Crippen LogP) is 1.38. The lowest BCUT2D eigenvalue weighted by molar-refractivity contribution is -0.137. The van der Waals surface area contributed by atoms with Crippen molar-refractivity contribution in [2.45, 2.75) is 52.5 Å². The first kappa shape index (κ1) is 16.9. The molecule has 1 unspecified atom stereocenters. The van der Waals surface area contributed by atoms with Gasteiger partial charge in [0.2, 0.25) is 5.91 Å². The predicted molar refractivity (Wildman–Crippen MR) is 71.4 cm³/mol. The average Bonchev–Trinajstić information content (AvgIpc) is 2.23. The normalized spacial score (nSPS) is 12.4. The van der Waals surface area contributed by atoms with E-state index >= 15 is 0 Å². The zero-order valence-corrected chi connectivity index (χ0v) is 11.7. The molecule has 0 aliphatic carbocycles. The molecule has 0 rings (SSSR count). The molecule has 1 amide bonds. The number of amides is 1. The molecule has 0 aromatic heterocycles. The Kier molecular flexibility index (Phi) is 9.28. The first-order valence-corrected chi connectivity index (χ1v) is 6.63. The standard InChI is InChI=1S/C13H26N2O3/c1-10(2)5-4-6-11(3)15-12(16)9-14-8-7-13(17)18/h10-11,14H,4-9H2,1-3H3,(H,15,16)(H,17,18). The van der Waals surface area contributed by atoms with Crippen molar-refractivity contribution in [2.24, 2.45) is 5.92 Å². The van der Waals surface area contributed by atoms with E-state index in [1.165, 1.54) is 6.42 Å². The van der Waals surface area contributed by atoms with Gasteiger partial charge >= 0.3 is 5.97 Å². The van der Waals surface area contributed by atoms with Crippen LogP contribution in [0.15, 0.2) is 0 Å². The summed E-state index contributed by atoms with van der Waals surface area (Å²) < 4.78 is 0. The molecule has 5 heteroatoms. The Morgan fingerprint density at radius 3 is 2.39 bits per heavy atom. The minimum atomic E-state index is -0.857. The maximum absolute atomic E-state index is 11.5. The number of nitrogens with one attached hydrogen (secondary N) is 2. The molecular weight excluding hydrogens is 232 g/mol. The first-order chi connectivity index (χ1) is 8.41. The summed E-state index contributed by atoms with van der Waals surface area (Å²) in [4.78, 5) is 21.7. The van der Waals surface area contributed by atoms with Crippen molar-refractivity contribution in [2.75, 3.05) is 13.1 Å². The van der Waals surface area contributed by atoms with Crippen molar-refractivity contribution in [1.82, 2.24) is 10.6 Å². The second-order valence-corrected chi connectivity index (χ2v) is 5.11. The molecule has 3 N–H and O–H groups in total. The number of carboxylic acids is 1. The summed E-state index contributed by atoms with van der Waals surface area (Å²) >= 11 is 0. The first-order valence-electron chi connectivity index (χ1n) is 6.63. The van der Waals surface area contributed by atoms with Gasteiger partial charge in [0.15, 0.2) is 0 Å². The number of rotatable bonds is 10. The third-order valence-electron chi connectivity index (χ3n) is 2.63. The second kappa shape index (κ2) is 9.88. The third kappa shape index (κ3) is 11.4. The van der Waals surface area contributed by atoms with Gasteiger partial charge in [-0.05, 0) is 19.3 Å². The molecule has 106 valence electrons. The highest BCUT2D eigenvalue weighted by molar-refractivity contribution is 5.78. The van der Waals surface area contributed by atoms with Crippen LogP contribution in [0, 0.1) is 5.92 Å². The van der Waals surface area contributed by atoms with Gasteiger partial charge in [-0.1, -0.05) is 26.7 Å². The van der Waals surface area contributed by atoms with E-state index < -0.39 is 5.97 Å². The van der Waals surface area contributed by atoms with Gasteiger partial charge in [-0.3, -0.25) is 9.59 Å². The highest BCUT2D eigenvalue weighted by Gasteiger charge is 2.07. The van der Waals surface area contributed by atoms with Crippen LogP contribution >= 0.6 is 0 Å². The number of hydrogen-bond donors (Lipinski definition) is 3. The van der Waals surface area contributed by atoms with E-state index in [-0.39, 0.29) is 24.9 Å². The number of hydrogen-bond acceptors (Lipinski definition) is 3. The van der Waals surface area contributed by atoms with Crippen molar-refractivity contribution in [3.63, 3.8) is 0 Å². The van der Waals surface area contributed by atoms with Crippen LogP contribution in [0.25, 0.3) is 0 Å². The van der Waals surface area contributed by atoms with E-state index in [1.807, 2.05) is 6.92 Å². The van der Waals surface area contributed by atoms with E-state index in [4.69, 9.17) is 5.11 Å². The fourth-order valence-corrected chi connectivity index (χ4v) is 1.63. The van der Waals surface area contributed by atoms with Crippen LogP contribution < -0.4 is 10.6 Å². The van der Waals surface area contributed by atoms with Crippen LogP contribution in [-0.4, -0.2) is 36.1 Å². The average molecular weight is 258 g/mol. The molecule has 1 atom stereocenters. The van der Waals surface area contributed by atoms with Gasteiger partial charge in [0, 0.05) is 12.6 Å². The lowest BCUT2D eigenvalue weighted by atomic mass is 10.0. The Bertz CT molecular complexity index is 255. The molecule has 0 radical (unpaired) electrons. The van der Waals surface area contributed by atoms with Gasteiger partial charge in [-0.2, -0.15) is 0 Å². The van der Waals surface area contributed by atoms with E-state index in [2.05, 4.69) is 24.5 Å². The minimum absolute atomic E-state index is 0.0389. The van der Waals surface area contributed by atoms with Crippen LogP contribution in [0.3, 0.4) is 0 Å². The van der Waals surface area contributed by atoms with Gasteiger partial charge in [0.25, 0.3) is 0 Å². The monoisotopic (exact) mass is 258 g/mol. The van der Waals surface area contributed by atoms with Crippen molar-refractivity contribution in [3.8, 4) is 0 Å². The van der Waals surface area contributed by atoms with E-state index in [1.54, 1.807) is 0 Å². The van der Waals surface area contributed by atoms with E-state index in [0.717, 1.165) is 12.8 Å². The van der Waals surface area contributed by atoms with Gasteiger partial charge < -0.3 is 15.7 Å². The Morgan fingerprint density at radius 2 is 1.83 bits per heavy atom. The van der Waals surface area contributed by atoms with Crippen LogP contribution in [0.5, 0.6) is 0 Å². The van der Waals surface area contributed by atoms with Crippen molar-refractivity contribution >= 4 is 11.9 Å². The molecule has 18 heavy (non-hydrogen) atoms. The van der Waals surface area contributed by atoms with Gasteiger partial charge in [0.1, 0.15) is 0 Å². The highest BCUT2D eigenvalue weighted by atomic mass is 16.4. The summed E-state index contributed by atoms with van der Waals surface area (Å²) in [6.45, 7) is 6.88. The van der Waals surface area contributed by atoms with Crippen LogP contribution in [0.4, 0.5) is 0 Å². The molecule has 0 bridgehead atoms. The molecule has 0 heterocycles. The van der Waals surface area contributed by atoms with Crippen LogP contribution in [0.2, 0.25) is 0 Å². The van der Waals surface area contributed by atoms with Gasteiger partial charge in [-0.25, -0.2) is 0 Å². The Hall–Kier alpha value is -1.10. The summed E-state index contributed by atoms with van der Waals surface area (Å²) in [6.07, 6.45) is 3.32. The molecule has 0 aromatic carbocycles. The fraction of sp³-hybridized carbons (Fsp3) is 0.846. The smallest absolute Gasteiger partial charge is 0.304 e. The number of carboxylic acid groups (broad SMARTS) is 1. The van der Waals surface area contributed by atoms with Crippen LogP contribution in [-0.2, 0) is 9.59 Å². The maximum Gasteiger partial charge on any atom is 0.304 e.